The minimum atomic E-state index is -0.467. The van der Waals surface area contributed by atoms with Gasteiger partial charge in [0.05, 0.1) is 24.9 Å². The Balaban J connectivity index is 2.08. The van der Waals surface area contributed by atoms with Crippen LogP contribution in [0, 0.1) is 0 Å². The molecular formula is C15H16N6O3. The van der Waals surface area contributed by atoms with E-state index in [0.717, 1.165) is 0 Å². The molecule has 0 saturated carbocycles. The van der Waals surface area contributed by atoms with Crippen molar-refractivity contribution >= 4 is 5.78 Å². The molecule has 0 N–H and O–H groups in total. The van der Waals surface area contributed by atoms with Gasteiger partial charge in [-0.25, -0.2) is 0 Å². The average Bonchev–Trinajstić information content (AvgIpc) is 3.25. The van der Waals surface area contributed by atoms with Crippen LogP contribution in [-0.4, -0.2) is 5.78 Å². The maximum Gasteiger partial charge on any atom is 0.153 e. The minimum Gasteiger partial charge on any atom is -0.465 e. The molecule has 2 atom stereocenters. The van der Waals surface area contributed by atoms with Crippen molar-refractivity contribution in [1.29, 1.82) is 0 Å². The Kier molecular flexibility index (Phi) is 5.68. The standard InChI is InChI=1S/C15H16N6O3/c1-9(13-5-3-11(23-13)7-18-20-16)15(22)10(2)14-6-4-12(24-14)8-19-21-17/h3-6,9-10H,7-8H2,1-2H3. The number of ketones is 1. The molecule has 124 valence electrons. The molecule has 0 aliphatic carbocycles. The summed E-state index contributed by atoms with van der Waals surface area (Å²) in [7, 11) is 0. The normalized spacial score (nSPS) is 12.8. The third kappa shape index (κ3) is 3.98. The third-order valence-electron chi connectivity index (χ3n) is 3.65. The van der Waals surface area contributed by atoms with Gasteiger partial charge < -0.3 is 8.83 Å². The number of Topliss-reactive ketones (excluding diaryl/α,β-unsaturated/α-hetero) is 1. The quantitative estimate of drug-likeness (QED) is 0.383. The van der Waals surface area contributed by atoms with Crippen LogP contribution in [0.25, 0.3) is 20.9 Å². The van der Waals surface area contributed by atoms with Gasteiger partial charge in [-0.1, -0.05) is 10.2 Å². The van der Waals surface area contributed by atoms with Gasteiger partial charge >= 0.3 is 0 Å². The zero-order valence-electron chi connectivity index (χ0n) is 13.3. The molecular weight excluding hydrogens is 312 g/mol. The van der Waals surface area contributed by atoms with Crippen molar-refractivity contribution in [3.8, 4) is 0 Å². The van der Waals surface area contributed by atoms with Crippen molar-refractivity contribution in [2.75, 3.05) is 0 Å². The molecule has 0 radical (unpaired) electrons. The Labute approximate surface area is 137 Å². The van der Waals surface area contributed by atoms with Gasteiger partial charge in [-0.2, -0.15) is 0 Å². The summed E-state index contributed by atoms with van der Waals surface area (Å²) in [5.41, 5.74) is 16.6. The fraction of sp³-hybridized carbons (Fsp3) is 0.400. The van der Waals surface area contributed by atoms with Crippen LogP contribution in [0.4, 0.5) is 0 Å². The molecule has 9 nitrogen and oxygen atoms in total. The molecule has 9 heteroatoms. The molecule has 2 aromatic heterocycles. The molecule has 0 fully saturated rings. The lowest BCUT2D eigenvalue weighted by molar-refractivity contribution is -0.121. The van der Waals surface area contributed by atoms with E-state index in [9.17, 15) is 4.79 Å². The first-order chi connectivity index (χ1) is 11.6. The zero-order chi connectivity index (χ0) is 17.5. The van der Waals surface area contributed by atoms with Crippen LogP contribution in [-0.2, 0) is 17.9 Å². The van der Waals surface area contributed by atoms with Crippen molar-refractivity contribution in [2.24, 2.45) is 10.2 Å². The lowest BCUT2D eigenvalue weighted by atomic mass is 9.92. The van der Waals surface area contributed by atoms with Crippen LogP contribution >= 0.6 is 0 Å². The topological polar surface area (TPSA) is 141 Å². The van der Waals surface area contributed by atoms with E-state index in [1.165, 1.54) is 0 Å². The highest BCUT2D eigenvalue weighted by molar-refractivity contribution is 5.90. The summed E-state index contributed by atoms with van der Waals surface area (Å²) in [6.07, 6.45) is 0. The first-order valence-electron chi connectivity index (χ1n) is 7.29. The molecule has 24 heavy (non-hydrogen) atoms. The van der Waals surface area contributed by atoms with Crippen molar-refractivity contribution in [3.63, 3.8) is 0 Å². The molecule has 2 heterocycles. The largest absolute Gasteiger partial charge is 0.465 e. The van der Waals surface area contributed by atoms with E-state index in [2.05, 4.69) is 20.1 Å². The van der Waals surface area contributed by atoms with E-state index in [4.69, 9.17) is 19.9 Å². The predicted octanol–water partition coefficient (Wildman–Crippen LogP) is 4.97. The molecule has 0 aliphatic heterocycles. The number of furan rings is 2. The van der Waals surface area contributed by atoms with Gasteiger partial charge in [0, 0.05) is 9.82 Å². The first kappa shape index (κ1) is 17.2. The summed E-state index contributed by atoms with van der Waals surface area (Å²) in [5.74, 6) is 1.03. The van der Waals surface area contributed by atoms with E-state index in [1.807, 2.05) is 0 Å². The second-order valence-corrected chi connectivity index (χ2v) is 5.23. The second kappa shape index (κ2) is 7.92. The molecule has 0 amide bonds. The highest BCUT2D eigenvalue weighted by Crippen LogP contribution is 2.28. The van der Waals surface area contributed by atoms with E-state index in [1.54, 1.807) is 38.1 Å². The number of carbonyl (C=O) groups excluding carboxylic acids is 1. The summed E-state index contributed by atoms with van der Waals surface area (Å²) < 4.78 is 11.1. The first-order valence-corrected chi connectivity index (χ1v) is 7.29. The van der Waals surface area contributed by atoms with Crippen LogP contribution in [0.5, 0.6) is 0 Å². The smallest absolute Gasteiger partial charge is 0.153 e. The summed E-state index contributed by atoms with van der Waals surface area (Å²) in [6.45, 7) is 3.71. The lowest BCUT2D eigenvalue weighted by Crippen LogP contribution is -2.15. The Morgan fingerprint density at radius 1 is 0.958 bits per heavy atom. The Bertz CT molecular complexity index is 745. The summed E-state index contributed by atoms with van der Waals surface area (Å²) in [6, 6.07) is 6.77. The van der Waals surface area contributed by atoms with Crippen LogP contribution in [0.1, 0.15) is 48.7 Å². The Morgan fingerprint density at radius 2 is 1.38 bits per heavy atom. The van der Waals surface area contributed by atoms with Gasteiger partial charge in [0.15, 0.2) is 5.78 Å². The van der Waals surface area contributed by atoms with Gasteiger partial charge in [-0.3, -0.25) is 4.79 Å². The number of carbonyl (C=O) groups is 1. The fourth-order valence-electron chi connectivity index (χ4n) is 2.28. The Morgan fingerprint density at radius 3 is 1.75 bits per heavy atom. The molecule has 2 unspecified atom stereocenters. The van der Waals surface area contributed by atoms with E-state index < -0.39 is 11.8 Å². The van der Waals surface area contributed by atoms with Gasteiger partial charge in [0.1, 0.15) is 23.0 Å². The van der Waals surface area contributed by atoms with Crippen molar-refractivity contribution < 1.29 is 13.6 Å². The summed E-state index contributed by atoms with van der Waals surface area (Å²) in [5, 5.41) is 6.84. The predicted molar refractivity (Wildman–Crippen MR) is 85.0 cm³/mol. The monoisotopic (exact) mass is 328 g/mol. The van der Waals surface area contributed by atoms with E-state index in [0.29, 0.717) is 23.0 Å². The van der Waals surface area contributed by atoms with Gasteiger partial charge in [0.25, 0.3) is 0 Å². The van der Waals surface area contributed by atoms with E-state index >= 15 is 0 Å². The number of hydrogen-bond acceptors (Lipinski definition) is 5. The minimum absolute atomic E-state index is 0.0654. The maximum atomic E-state index is 12.6. The van der Waals surface area contributed by atoms with Crippen LogP contribution < -0.4 is 0 Å². The number of rotatable bonds is 8. The molecule has 2 aromatic rings. The molecule has 0 bridgehead atoms. The maximum absolute atomic E-state index is 12.6. The molecule has 2 rings (SSSR count). The Hall–Kier alpha value is -3.15. The van der Waals surface area contributed by atoms with E-state index in [-0.39, 0.29) is 18.9 Å². The fourth-order valence-corrected chi connectivity index (χ4v) is 2.28. The van der Waals surface area contributed by atoms with Gasteiger partial charge in [-0.05, 0) is 49.2 Å². The molecule has 0 aromatic carbocycles. The van der Waals surface area contributed by atoms with Gasteiger partial charge in [-0.15, -0.1) is 0 Å². The number of nitrogens with zero attached hydrogens (tertiary/aromatic N) is 6. The summed E-state index contributed by atoms with van der Waals surface area (Å²) >= 11 is 0. The van der Waals surface area contributed by atoms with Crippen molar-refractivity contribution in [1.82, 2.24) is 0 Å². The highest BCUT2D eigenvalue weighted by Gasteiger charge is 2.27. The molecule has 0 aliphatic rings. The zero-order valence-corrected chi connectivity index (χ0v) is 13.3. The third-order valence-corrected chi connectivity index (χ3v) is 3.65. The second-order valence-electron chi connectivity index (χ2n) is 5.23. The van der Waals surface area contributed by atoms with Gasteiger partial charge in [0.2, 0.25) is 0 Å². The molecule has 0 spiro atoms. The van der Waals surface area contributed by atoms with Crippen LogP contribution in [0.3, 0.4) is 0 Å². The lowest BCUT2D eigenvalue weighted by Gasteiger charge is -2.12. The SMILES string of the molecule is CC(C(=O)C(C)c1ccc(CN=[N+]=[N-])o1)c1ccc(CN=[N+]=[N-])o1. The van der Waals surface area contributed by atoms with Crippen LogP contribution in [0.2, 0.25) is 0 Å². The number of hydrogen-bond donors (Lipinski definition) is 0. The molecule has 0 saturated heterocycles. The average molecular weight is 328 g/mol. The number of azide groups is 2. The summed E-state index contributed by atoms with van der Waals surface area (Å²) in [4.78, 5) is 17.9. The van der Waals surface area contributed by atoms with Crippen molar-refractivity contribution in [2.45, 2.75) is 38.8 Å². The van der Waals surface area contributed by atoms with Crippen molar-refractivity contribution in [3.05, 3.63) is 68.2 Å². The van der Waals surface area contributed by atoms with Crippen LogP contribution in [0.15, 0.2) is 43.3 Å². The highest BCUT2D eigenvalue weighted by atomic mass is 16.3.